The fourth-order valence-electron chi connectivity index (χ4n) is 3.75. The van der Waals surface area contributed by atoms with Crippen LogP contribution in [0.3, 0.4) is 0 Å². The van der Waals surface area contributed by atoms with Gasteiger partial charge in [-0.25, -0.2) is 4.98 Å². The summed E-state index contributed by atoms with van der Waals surface area (Å²) in [6.07, 6.45) is 2.56. The highest BCUT2D eigenvalue weighted by Crippen LogP contribution is 2.22. The van der Waals surface area contributed by atoms with Gasteiger partial charge >= 0.3 is 0 Å². The molecule has 1 aliphatic rings. The zero-order valence-electron chi connectivity index (χ0n) is 19.0. The Morgan fingerprint density at radius 1 is 1.45 bits per heavy atom. The molecule has 2 atom stereocenters. The van der Waals surface area contributed by atoms with E-state index in [0.29, 0.717) is 5.92 Å². The van der Waals surface area contributed by atoms with Crippen molar-refractivity contribution in [3.63, 3.8) is 0 Å². The number of aliphatic imine (C=N–C) groups is 1. The van der Waals surface area contributed by atoms with Crippen LogP contribution in [0.2, 0.25) is 0 Å². The number of hydrogen-bond donors (Lipinski definition) is 1. The highest BCUT2D eigenvalue weighted by Gasteiger charge is 2.20. The predicted molar refractivity (Wildman–Crippen MR) is 143 cm³/mol. The van der Waals surface area contributed by atoms with E-state index in [0.717, 1.165) is 49.4 Å². The molecule has 3 heterocycles. The van der Waals surface area contributed by atoms with Crippen molar-refractivity contribution < 1.29 is 4.74 Å². The lowest BCUT2D eigenvalue weighted by molar-refractivity contribution is 0.119. The van der Waals surface area contributed by atoms with Crippen LogP contribution in [0.15, 0.2) is 27.9 Å². The van der Waals surface area contributed by atoms with Crippen LogP contribution in [-0.4, -0.2) is 61.1 Å². The summed E-state index contributed by atoms with van der Waals surface area (Å²) in [6.45, 7) is 10.0. The molecule has 6 nitrogen and oxygen atoms in total. The van der Waals surface area contributed by atoms with Crippen LogP contribution in [0.1, 0.15) is 48.4 Å². The Labute approximate surface area is 212 Å². The number of thiophene rings is 1. The minimum atomic E-state index is 0. The van der Waals surface area contributed by atoms with E-state index in [1.165, 1.54) is 24.3 Å². The first-order valence-electron chi connectivity index (χ1n) is 10.8. The number of halogens is 1. The number of ether oxygens (including phenoxy) is 1. The first-order chi connectivity index (χ1) is 14.6. The highest BCUT2D eigenvalue weighted by atomic mass is 127. The Morgan fingerprint density at radius 3 is 3.00 bits per heavy atom. The molecule has 0 aliphatic carbocycles. The van der Waals surface area contributed by atoms with E-state index < -0.39 is 0 Å². The maximum atomic E-state index is 5.38. The van der Waals surface area contributed by atoms with Crippen molar-refractivity contribution in [2.45, 2.75) is 45.9 Å². The van der Waals surface area contributed by atoms with Crippen LogP contribution in [0, 0.1) is 5.92 Å². The first kappa shape index (κ1) is 26.5. The molecule has 2 aromatic rings. The summed E-state index contributed by atoms with van der Waals surface area (Å²) in [4.78, 5) is 15.9. The number of aromatic nitrogens is 1. The molecule has 2 unspecified atom stereocenters. The van der Waals surface area contributed by atoms with Crippen molar-refractivity contribution in [2.24, 2.45) is 10.9 Å². The van der Waals surface area contributed by atoms with Gasteiger partial charge in [-0.1, -0.05) is 6.07 Å². The molecule has 0 saturated carbocycles. The third kappa shape index (κ3) is 8.27. The normalized spacial score (nSPS) is 18.5. The van der Waals surface area contributed by atoms with Gasteiger partial charge in [0.05, 0.1) is 12.2 Å². The molecular formula is C22H36IN5OS2. The molecule has 3 rings (SSSR count). The van der Waals surface area contributed by atoms with Crippen molar-refractivity contribution in [3.8, 4) is 0 Å². The van der Waals surface area contributed by atoms with Gasteiger partial charge in [-0.3, -0.25) is 9.89 Å². The summed E-state index contributed by atoms with van der Waals surface area (Å²) in [7, 11) is 3.81. The van der Waals surface area contributed by atoms with Crippen LogP contribution >= 0.6 is 46.7 Å². The molecule has 1 aliphatic heterocycles. The lowest BCUT2D eigenvalue weighted by atomic mass is 9.98. The number of thiazole rings is 1. The highest BCUT2D eigenvalue weighted by molar-refractivity contribution is 14.0. The minimum Gasteiger partial charge on any atom is -0.375 e. The van der Waals surface area contributed by atoms with Crippen LogP contribution < -0.4 is 5.32 Å². The molecular weight excluding hydrogens is 541 g/mol. The summed E-state index contributed by atoms with van der Waals surface area (Å²) in [5.74, 6) is 1.58. The Kier molecular flexibility index (Phi) is 11.7. The van der Waals surface area contributed by atoms with Crippen LogP contribution in [0.4, 0.5) is 0 Å². The number of nitrogens with zero attached hydrogens (tertiary/aromatic N) is 4. The van der Waals surface area contributed by atoms with Gasteiger partial charge in [0.2, 0.25) is 0 Å². The van der Waals surface area contributed by atoms with Gasteiger partial charge in [0.1, 0.15) is 11.1 Å². The molecule has 0 amide bonds. The molecule has 0 aromatic carbocycles. The average Bonchev–Trinajstić information content (AvgIpc) is 3.43. The van der Waals surface area contributed by atoms with E-state index in [-0.39, 0.29) is 30.1 Å². The number of rotatable bonds is 9. The van der Waals surface area contributed by atoms with Crippen LogP contribution in [-0.2, 0) is 17.8 Å². The largest absolute Gasteiger partial charge is 0.375 e. The second-order valence-corrected chi connectivity index (χ2v) is 9.85. The zero-order valence-corrected chi connectivity index (χ0v) is 23.0. The van der Waals surface area contributed by atoms with Crippen molar-refractivity contribution in [2.75, 3.05) is 40.3 Å². The molecule has 174 valence electrons. The number of guanidine groups is 1. The molecule has 1 fully saturated rings. The van der Waals surface area contributed by atoms with E-state index in [1.54, 1.807) is 18.4 Å². The molecule has 1 saturated heterocycles. The molecule has 0 bridgehead atoms. The van der Waals surface area contributed by atoms with E-state index in [1.807, 2.05) is 18.3 Å². The Morgan fingerprint density at radius 2 is 2.29 bits per heavy atom. The van der Waals surface area contributed by atoms with Crippen molar-refractivity contribution in [1.82, 2.24) is 20.1 Å². The van der Waals surface area contributed by atoms with E-state index in [2.05, 4.69) is 52.0 Å². The summed E-state index contributed by atoms with van der Waals surface area (Å²) < 4.78 is 5.38. The quantitative estimate of drug-likeness (QED) is 0.263. The second kappa shape index (κ2) is 13.7. The Balaban J connectivity index is 0.00000341. The van der Waals surface area contributed by atoms with Gasteiger partial charge in [0.15, 0.2) is 5.96 Å². The molecule has 9 heteroatoms. The van der Waals surface area contributed by atoms with E-state index in [9.17, 15) is 0 Å². The van der Waals surface area contributed by atoms with Crippen LogP contribution in [0.5, 0.6) is 0 Å². The fraction of sp³-hybridized carbons (Fsp3) is 0.636. The SMILES string of the molecule is CCNC(=NCC1CCCN(Cc2cccs2)C1)N(C)Cc1csc(C(C)OC)n1.I. The monoisotopic (exact) mass is 577 g/mol. The molecule has 31 heavy (non-hydrogen) atoms. The topological polar surface area (TPSA) is 53.0 Å². The van der Waals surface area contributed by atoms with Gasteiger partial charge in [-0.2, -0.15) is 0 Å². The molecule has 0 spiro atoms. The predicted octanol–water partition coefficient (Wildman–Crippen LogP) is 4.84. The number of piperidine rings is 1. The van der Waals surface area contributed by atoms with Crippen molar-refractivity contribution in [3.05, 3.63) is 38.5 Å². The summed E-state index contributed by atoms with van der Waals surface area (Å²) in [6, 6.07) is 4.38. The Hall–Kier alpha value is -0.750. The van der Waals surface area contributed by atoms with Gasteiger partial charge in [-0.05, 0) is 50.6 Å². The lowest BCUT2D eigenvalue weighted by Gasteiger charge is -2.32. The lowest BCUT2D eigenvalue weighted by Crippen LogP contribution is -2.40. The molecule has 0 radical (unpaired) electrons. The Bertz CT molecular complexity index is 783. The third-order valence-electron chi connectivity index (χ3n) is 5.43. The maximum absolute atomic E-state index is 5.38. The van der Waals surface area contributed by atoms with E-state index in [4.69, 9.17) is 14.7 Å². The number of hydrogen-bond acceptors (Lipinski definition) is 6. The first-order valence-corrected chi connectivity index (χ1v) is 12.6. The van der Waals surface area contributed by atoms with Crippen LogP contribution in [0.25, 0.3) is 0 Å². The zero-order chi connectivity index (χ0) is 21.3. The number of nitrogens with one attached hydrogen (secondary N) is 1. The third-order valence-corrected chi connectivity index (χ3v) is 7.34. The summed E-state index contributed by atoms with van der Waals surface area (Å²) in [5, 5.41) is 8.76. The standard InChI is InChI=1S/C22H35N5OS2.HI/c1-5-23-22(26(3)14-19-16-30-21(25-19)17(2)28-4)24-12-18-8-6-10-27(13-18)15-20-9-7-11-29-20;/h7,9,11,16-18H,5-6,8,10,12-15H2,1-4H3,(H,23,24);1H. The van der Waals surface area contributed by atoms with Crippen molar-refractivity contribution >= 4 is 52.6 Å². The van der Waals surface area contributed by atoms with E-state index >= 15 is 0 Å². The van der Waals surface area contributed by atoms with Gasteiger partial charge in [-0.15, -0.1) is 46.7 Å². The second-order valence-electron chi connectivity index (χ2n) is 7.93. The molecule has 1 N–H and O–H groups in total. The van der Waals surface area contributed by atoms with Crippen molar-refractivity contribution in [1.29, 1.82) is 0 Å². The minimum absolute atomic E-state index is 0. The van der Waals surface area contributed by atoms with Gasteiger partial charge < -0.3 is 15.0 Å². The number of methoxy groups -OCH3 is 1. The summed E-state index contributed by atoms with van der Waals surface area (Å²) in [5.41, 5.74) is 1.06. The number of likely N-dealkylation sites (tertiary alicyclic amines) is 1. The molecule has 2 aromatic heterocycles. The smallest absolute Gasteiger partial charge is 0.194 e. The average molecular weight is 578 g/mol. The maximum Gasteiger partial charge on any atom is 0.194 e. The van der Waals surface area contributed by atoms with Gasteiger partial charge in [0.25, 0.3) is 0 Å². The van der Waals surface area contributed by atoms with Gasteiger partial charge in [0, 0.05) is 50.6 Å². The fourth-order valence-corrected chi connectivity index (χ4v) is 5.34. The summed E-state index contributed by atoms with van der Waals surface area (Å²) >= 11 is 3.51.